The molecule has 0 heterocycles. The first-order chi connectivity index (χ1) is 9.92. The Morgan fingerprint density at radius 1 is 1.14 bits per heavy atom. The number of unbranched alkanes of at least 4 members (excludes halogenated alkanes) is 1. The van der Waals surface area contributed by atoms with E-state index < -0.39 is 10.0 Å². The number of hydrogen-bond donors (Lipinski definition) is 2. The maximum atomic E-state index is 12.4. The Bertz CT molecular complexity index is 557. The van der Waals surface area contributed by atoms with E-state index in [2.05, 4.69) is 16.3 Å². The molecule has 0 spiro atoms. The van der Waals surface area contributed by atoms with Crippen molar-refractivity contribution in [2.45, 2.75) is 38.1 Å². The summed E-state index contributed by atoms with van der Waals surface area (Å²) < 4.78 is 27.5. The molecule has 0 aliphatic rings. The first-order valence-corrected chi connectivity index (χ1v) is 10.0. The summed E-state index contributed by atoms with van der Waals surface area (Å²) >= 11 is 1.78. The Morgan fingerprint density at radius 2 is 1.86 bits per heavy atom. The number of aryl methyl sites for hydroxylation is 2. The van der Waals surface area contributed by atoms with Gasteiger partial charge in [0.1, 0.15) is 0 Å². The van der Waals surface area contributed by atoms with Gasteiger partial charge in [-0.2, -0.15) is 11.8 Å². The van der Waals surface area contributed by atoms with Crippen molar-refractivity contribution in [3.63, 3.8) is 0 Å². The van der Waals surface area contributed by atoms with Crippen LogP contribution in [0.4, 0.5) is 0 Å². The lowest BCUT2D eigenvalue weighted by molar-refractivity contribution is 0.577. The van der Waals surface area contributed by atoms with E-state index in [0.717, 1.165) is 35.3 Å². The summed E-state index contributed by atoms with van der Waals surface area (Å²) in [5, 5.41) is 3.07. The third-order valence-electron chi connectivity index (χ3n) is 3.36. The molecule has 0 fully saturated rings. The average molecular weight is 331 g/mol. The van der Waals surface area contributed by atoms with Gasteiger partial charge in [-0.3, -0.25) is 0 Å². The monoisotopic (exact) mass is 330 g/mol. The molecule has 0 atom stereocenters. The van der Waals surface area contributed by atoms with Crippen LogP contribution in [0.1, 0.15) is 29.5 Å². The van der Waals surface area contributed by atoms with E-state index in [1.54, 1.807) is 17.8 Å². The summed E-state index contributed by atoms with van der Waals surface area (Å²) in [6, 6.07) is 3.72. The lowest BCUT2D eigenvalue weighted by atomic mass is 10.1. The fourth-order valence-electron chi connectivity index (χ4n) is 2.20. The first-order valence-electron chi connectivity index (χ1n) is 7.15. The number of thioether (sulfide) groups is 1. The van der Waals surface area contributed by atoms with Crippen molar-refractivity contribution in [1.82, 2.24) is 10.0 Å². The predicted octanol–water partition coefficient (Wildman–Crippen LogP) is 2.44. The fourth-order valence-corrected chi connectivity index (χ4v) is 4.04. The van der Waals surface area contributed by atoms with Crippen molar-refractivity contribution in [3.05, 3.63) is 28.8 Å². The van der Waals surface area contributed by atoms with E-state index in [4.69, 9.17) is 0 Å². The molecule has 0 aliphatic heterocycles. The van der Waals surface area contributed by atoms with Gasteiger partial charge in [0.15, 0.2) is 0 Å². The second-order valence-corrected chi connectivity index (χ2v) is 7.89. The normalized spacial score (nSPS) is 11.8. The molecule has 0 unspecified atom stereocenters. The Balaban J connectivity index is 2.84. The summed E-state index contributed by atoms with van der Waals surface area (Å²) in [6.07, 6.45) is 3.96. The summed E-state index contributed by atoms with van der Waals surface area (Å²) in [5.74, 6) is 1.07. The molecule has 0 saturated carbocycles. The summed E-state index contributed by atoms with van der Waals surface area (Å²) in [7, 11) is -1.56. The second kappa shape index (κ2) is 8.78. The molecule has 1 aromatic carbocycles. The second-order valence-electron chi connectivity index (χ2n) is 5.17. The SMILES string of the molecule is CNCc1cc(S(=O)(=O)NCCCCSC)c(C)cc1C. The van der Waals surface area contributed by atoms with E-state index >= 15 is 0 Å². The molecular formula is C15H26N2O2S2. The fraction of sp³-hybridized carbons (Fsp3) is 0.600. The van der Waals surface area contributed by atoms with Crippen LogP contribution >= 0.6 is 11.8 Å². The topological polar surface area (TPSA) is 58.2 Å². The molecule has 6 heteroatoms. The third-order valence-corrected chi connectivity index (χ3v) is 5.66. The largest absolute Gasteiger partial charge is 0.316 e. The minimum atomic E-state index is -3.42. The number of sulfonamides is 1. The molecule has 1 aromatic rings. The van der Waals surface area contributed by atoms with Gasteiger partial charge in [0.25, 0.3) is 0 Å². The Hall–Kier alpha value is -0.560. The molecule has 21 heavy (non-hydrogen) atoms. The Kier molecular flexibility index (Phi) is 7.73. The van der Waals surface area contributed by atoms with Gasteiger partial charge in [-0.1, -0.05) is 6.07 Å². The van der Waals surface area contributed by atoms with Crippen molar-refractivity contribution in [1.29, 1.82) is 0 Å². The van der Waals surface area contributed by atoms with E-state index in [1.807, 2.05) is 27.0 Å². The van der Waals surface area contributed by atoms with Gasteiger partial charge < -0.3 is 5.32 Å². The minimum Gasteiger partial charge on any atom is -0.316 e. The van der Waals surface area contributed by atoms with Crippen LogP contribution in [0.5, 0.6) is 0 Å². The van der Waals surface area contributed by atoms with Gasteiger partial charge >= 0.3 is 0 Å². The highest BCUT2D eigenvalue weighted by atomic mass is 32.2. The lowest BCUT2D eigenvalue weighted by Crippen LogP contribution is -2.26. The predicted molar refractivity (Wildman–Crippen MR) is 91.5 cm³/mol. The highest BCUT2D eigenvalue weighted by Crippen LogP contribution is 2.20. The molecule has 0 bridgehead atoms. The highest BCUT2D eigenvalue weighted by Gasteiger charge is 2.17. The van der Waals surface area contributed by atoms with E-state index in [1.165, 1.54) is 0 Å². The van der Waals surface area contributed by atoms with Crippen LogP contribution in [-0.2, 0) is 16.6 Å². The quantitative estimate of drug-likeness (QED) is 0.683. The lowest BCUT2D eigenvalue weighted by Gasteiger charge is -2.13. The van der Waals surface area contributed by atoms with Gasteiger partial charge in [-0.05, 0) is 68.5 Å². The van der Waals surface area contributed by atoms with Gasteiger partial charge in [-0.15, -0.1) is 0 Å². The average Bonchev–Trinajstić information content (AvgIpc) is 2.41. The van der Waals surface area contributed by atoms with Crippen LogP contribution in [0.3, 0.4) is 0 Å². The minimum absolute atomic E-state index is 0.392. The first kappa shape index (κ1) is 18.5. The van der Waals surface area contributed by atoms with Crippen LogP contribution in [-0.4, -0.2) is 34.0 Å². The maximum absolute atomic E-state index is 12.4. The molecule has 1 rings (SSSR count). The van der Waals surface area contributed by atoms with Gasteiger partial charge in [0, 0.05) is 13.1 Å². The van der Waals surface area contributed by atoms with Crippen molar-refractivity contribution < 1.29 is 8.42 Å². The summed E-state index contributed by atoms with van der Waals surface area (Å²) in [6.45, 7) is 5.02. The number of nitrogens with one attached hydrogen (secondary N) is 2. The number of hydrogen-bond acceptors (Lipinski definition) is 4. The van der Waals surface area contributed by atoms with Crippen LogP contribution in [0, 0.1) is 13.8 Å². The van der Waals surface area contributed by atoms with Crippen LogP contribution in [0.2, 0.25) is 0 Å². The Labute approximate surface area is 133 Å². The van der Waals surface area contributed by atoms with Crippen molar-refractivity contribution in [3.8, 4) is 0 Å². The molecule has 2 N–H and O–H groups in total. The Morgan fingerprint density at radius 3 is 2.48 bits per heavy atom. The zero-order valence-corrected chi connectivity index (χ0v) is 15.0. The van der Waals surface area contributed by atoms with Gasteiger partial charge in [0.05, 0.1) is 4.90 Å². The van der Waals surface area contributed by atoms with Gasteiger partial charge in [0.2, 0.25) is 10.0 Å². The van der Waals surface area contributed by atoms with E-state index in [-0.39, 0.29) is 0 Å². The molecule has 0 amide bonds. The zero-order chi connectivity index (χ0) is 15.9. The van der Waals surface area contributed by atoms with Gasteiger partial charge in [-0.25, -0.2) is 13.1 Å². The van der Waals surface area contributed by atoms with E-state index in [9.17, 15) is 8.42 Å². The van der Waals surface area contributed by atoms with Crippen molar-refractivity contribution in [2.75, 3.05) is 25.6 Å². The third kappa shape index (κ3) is 5.62. The van der Waals surface area contributed by atoms with E-state index in [0.29, 0.717) is 18.0 Å². The molecular weight excluding hydrogens is 304 g/mol. The maximum Gasteiger partial charge on any atom is 0.240 e. The zero-order valence-electron chi connectivity index (χ0n) is 13.3. The molecule has 0 radical (unpaired) electrons. The van der Waals surface area contributed by atoms with Crippen molar-refractivity contribution >= 4 is 21.8 Å². The number of rotatable bonds is 9. The molecule has 0 aliphatic carbocycles. The smallest absolute Gasteiger partial charge is 0.240 e. The number of benzene rings is 1. The molecule has 4 nitrogen and oxygen atoms in total. The highest BCUT2D eigenvalue weighted by molar-refractivity contribution is 7.98. The van der Waals surface area contributed by atoms with Crippen molar-refractivity contribution in [2.24, 2.45) is 0 Å². The van der Waals surface area contributed by atoms with Crippen LogP contribution in [0.25, 0.3) is 0 Å². The summed E-state index contributed by atoms with van der Waals surface area (Å²) in [4.78, 5) is 0.392. The molecule has 0 saturated heterocycles. The molecule has 120 valence electrons. The van der Waals surface area contributed by atoms with Crippen LogP contribution in [0.15, 0.2) is 17.0 Å². The van der Waals surface area contributed by atoms with Crippen LogP contribution < -0.4 is 10.0 Å². The molecule has 0 aromatic heterocycles. The summed E-state index contributed by atoms with van der Waals surface area (Å²) in [5.41, 5.74) is 2.93. The standard InChI is InChI=1S/C15H26N2O2S2/c1-12-9-13(2)15(10-14(12)11-16-3)21(18,19)17-7-5-6-8-20-4/h9-10,16-17H,5-8,11H2,1-4H3.